The van der Waals surface area contributed by atoms with Crippen molar-refractivity contribution in [3.8, 4) is 16.9 Å². The lowest BCUT2D eigenvalue weighted by molar-refractivity contribution is -0.195. The van der Waals surface area contributed by atoms with E-state index in [0.717, 1.165) is 45.1 Å². The average Bonchev–Trinajstić information content (AvgIpc) is 3.13. The maximum absolute atomic E-state index is 12.5. The number of carbonyl (C=O) groups is 1. The van der Waals surface area contributed by atoms with Crippen LogP contribution in [0.1, 0.15) is 23.0 Å². The number of nitrogens with one attached hydrogen (secondary N) is 1. The van der Waals surface area contributed by atoms with Gasteiger partial charge in [0, 0.05) is 28.3 Å². The van der Waals surface area contributed by atoms with Crippen molar-refractivity contribution in [1.82, 2.24) is 9.78 Å². The van der Waals surface area contributed by atoms with Gasteiger partial charge in [-0.15, -0.1) is 9.32 Å². The molecule has 1 aromatic heterocycles. The maximum Gasteiger partial charge on any atom is 0.359 e. The van der Waals surface area contributed by atoms with Crippen molar-refractivity contribution < 1.29 is 18.9 Å². The van der Waals surface area contributed by atoms with Gasteiger partial charge in [0.1, 0.15) is 0 Å². The second-order valence-corrected chi connectivity index (χ2v) is 6.72. The molecule has 4 rings (SSSR count). The molecule has 0 aliphatic carbocycles. The Balaban J connectivity index is 1.82. The molecule has 1 aliphatic heterocycles. The Morgan fingerprint density at radius 3 is 2.79 bits per heavy atom. The fraction of sp³-hybridized carbons (Fsp3) is 0.158. The number of ether oxygens (including phenoxy) is 1. The van der Waals surface area contributed by atoms with Gasteiger partial charge in [0.15, 0.2) is 5.69 Å². The van der Waals surface area contributed by atoms with E-state index in [1.165, 1.54) is 0 Å². The molecule has 0 saturated heterocycles. The van der Waals surface area contributed by atoms with Crippen LogP contribution in [-0.4, -0.2) is 22.4 Å². The number of aromatic nitrogens is 2. The van der Waals surface area contributed by atoms with Crippen molar-refractivity contribution in [1.29, 1.82) is 0 Å². The van der Waals surface area contributed by atoms with Gasteiger partial charge in [-0.25, -0.2) is 9.48 Å². The first-order chi connectivity index (χ1) is 13.7. The number of nitrogens with two attached hydrogens (primary N) is 1. The Morgan fingerprint density at radius 2 is 2.04 bits per heavy atom. The molecule has 9 heteroatoms. The molecule has 0 atom stereocenters. The van der Waals surface area contributed by atoms with Crippen LogP contribution in [0.25, 0.3) is 16.9 Å². The van der Waals surface area contributed by atoms with E-state index in [1.54, 1.807) is 11.6 Å². The molecule has 0 amide bonds. The van der Waals surface area contributed by atoms with Crippen LogP contribution < -0.4 is 11.2 Å². The highest BCUT2D eigenvalue weighted by Crippen LogP contribution is 2.38. The van der Waals surface area contributed by atoms with Gasteiger partial charge in [0.05, 0.1) is 30.0 Å². The smallest absolute Gasteiger partial charge is 0.359 e. The molecule has 3 aromatic rings. The summed E-state index contributed by atoms with van der Waals surface area (Å²) in [6.07, 6.45) is 0. The first-order valence-corrected chi connectivity index (χ1v) is 9.40. The third-order valence-electron chi connectivity index (χ3n) is 4.34. The Morgan fingerprint density at radius 1 is 1.25 bits per heavy atom. The third-order valence-corrected chi connectivity index (χ3v) is 4.95. The maximum atomic E-state index is 12.5. The van der Waals surface area contributed by atoms with Crippen LogP contribution in [0.15, 0.2) is 53.4 Å². The number of hydrogen-bond donors (Lipinski definition) is 2. The number of carbonyl (C=O) groups excluding carboxylic acids is 1. The van der Waals surface area contributed by atoms with Gasteiger partial charge in [-0.1, -0.05) is 18.2 Å². The van der Waals surface area contributed by atoms with Crippen molar-refractivity contribution in [2.75, 3.05) is 11.9 Å². The highest BCUT2D eigenvalue weighted by molar-refractivity contribution is 7.94. The fourth-order valence-corrected chi connectivity index (χ4v) is 3.54. The number of rotatable bonds is 6. The van der Waals surface area contributed by atoms with E-state index in [4.69, 9.17) is 10.6 Å². The third kappa shape index (κ3) is 3.36. The molecule has 0 fully saturated rings. The van der Waals surface area contributed by atoms with Gasteiger partial charge in [-0.05, 0) is 37.3 Å². The van der Waals surface area contributed by atoms with E-state index in [2.05, 4.69) is 19.7 Å². The summed E-state index contributed by atoms with van der Waals surface area (Å²) in [7, 11) is 0. The van der Waals surface area contributed by atoms with Crippen molar-refractivity contribution in [2.24, 2.45) is 5.90 Å². The number of fused-ring (bicyclic) bond motifs is 3. The SMILES string of the molecule is CCOC(=O)c1nn(-c2ccc(SOON)cc2)c2c1CNc1ccccc1-2. The van der Waals surface area contributed by atoms with Crippen LogP contribution in [0.3, 0.4) is 0 Å². The van der Waals surface area contributed by atoms with E-state index >= 15 is 0 Å². The first-order valence-electron chi connectivity index (χ1n) is 8.65. The summed E-state index contributed by atoms with van der Waals surface area (Å²) >= 11 is 0.997. The molecule has 0 bridgehead atoms. The summed E-state index contributed by atoms with van der Waals surface area (Å²) in [5.74, 6) is 4.44. The minimum Gasteiger partial charge on any atom is -0.461 e. The topological polar surface area (TPSA) is 101 Å². The standard InChI is InChI=1S/C19H18N4O4S/c1-2-25-19(24)17-15-11-21-16-6-4-3-5-14(16)18(15)23(22-17)12-7-9-13(10-8-12)28-27-26-20/h3-10,21H,2,11,20H2,1H3. The quantitative estimate of drug-likeness (QED) is 0.282. The fourth-order valence-electron chi connectivity index (χ4n) is 3.17. The van der Waals surface area contributed by atoms with E-state index in [-0.39, 0.29) is 0 Å². The number of nitrogens with zero attached hydrogens (tertiary/aromatic N) is 2. The summed E-state index contributed by atoms with van der Waals surface area (Å²) in [5, 5.41) is 7.94. The van der Waals surface area contributed by atoms with Crippen molar-refractivity contribution in [3.05, 3.63) is 59.8 Å². The van der Waals surface area contributed by atoms with Gasteiger partial charge >= 0.3 is 5.97 Å². The number of para-hydroxylation sites is 1. The van der Waals surface area contributed by atoms with Gasteiger partial charge < -0.3 is 10.1 Å². The molecule has 8 nitrogen and oxygen atoms in total. The Bertz CT molecular complexity index is 1000. The summed E-state index contributed by atoms with van der Waals surface area (Å²) in [4.78, 5) is 17.4. The largest absolute Gasteiger partial charge is 0.461 e. The lowest BCUT2D eigenvalue weighted by Crippen LogP contribution is -2.13. The molecule has 28 heavy (non-hydrogen) atoms. The van der Waals surface area contributed by atoms with Gasteiger partial charge in [0.25, 0.3) is 0 Å². The molecule has 0 radical (unpaired) electrons. The van der Waals surface area contributed by atoms with E-state index in [9.17, 15) is 4.79 Å². The minimum absolute atomic E-state index is 0.291. The zero-order chi connectivity index (χ0) is 19.5. The monoisotopic (exact) mass is 398 g/mol. The van der Waals surface area contributed by atoms with E-state index in [1.807, 2.05) is 48.5 Å². The lowest BCUT2D eigenvalue weighted by Gasteiger charge is -2.20. The summed E-state index contributed by atoms with van der Waals surface area (Å²) in [6.45, 7) is 2.56. The van der Waals surface area contributed by atoms with Crippen molar-refractivity contribution in [2.45, 2.75) is 18.4 Å². The average molecular weight is 398 g/mol. The van der Waals surface area contributed by atoms with Crippen molar-refractivity contribution >= 4 is 23.7 Å². The second-order valence-electron chi connectivity index (χ2n) is 5.95. The Kier molecular flexibility index (Phi) is 5.31. The molecule has 0 saturated carbocycles. The molecule has 1 aliphatic rings. The number of benzene rings is 2. The van der Waals surface area contributed by atoms with Crippen molar-refractivity contribution in [3.63, 3.8) is 0 Å². The molecule has 2 aromatic carbocycles. The van der Waals surface area contributed by atoms with Crippen LogP contribution in [0.4, 0.5) is 5.69 Å². The molecule has 144 valence electrons. The molecule has 0 unspecified atom stereocenters. The predicted octanol–water partition coefficient (Wildman–Crippen LogP) is 3.47. The van der Waals surface area contributed by atoms with Gasteiger partial charge in [0.2, 0.25) is 0 Å². The first kappa shape index (κ1) is 18.5. The molecular weight excluding hydrogens is 380 g/mol. The van der Waals surface area contributed by atoms with Crippen LogP contribution in [0.2, 0.25) is 0 Å². The Labute approximate surface area is 165 Å². The van der Waals surface area contributed by atoms with Crippen LogP contribution in [0, 0.1) is 0 Å². The lowest BCUT2D eigenvalue weighted by atomic mass is 9.99. The molecule has 0 spiro atoms. The summed E-state index contributed by atoms with van der Waals surface area (Å²) in [6, 6.07) is 15.4. The van der Waals surface area contributed by atoms with Gasteiger partial charge in [-0.3, -0.25) is 0 Å². The van der Waals surface area contributed by atoms with E-state index in [0.29, 0.717) is 18.8 Å². The predicted molar refractivity (Wildman–Crippen MR) is 104 cm³/mol. The van der Waals surface area contributed by atoms with Crippen LogP contribution in [-0.2, 0) is 20.6 Å². The highest BCUT2D eigenvalue weighted by atomic mass is 32.2. The summed E-state index contributed by atoms with van der Waals surface area (Å²) in [5.41, 5.74) is 4.78. The summed E-state index contributed by atoms with van der Waals surface area (Å²) < 4.78 is 11.6. The number of esters is 1. The minimum atomic E-state index is -0.431. The zero-order valence-corrected chi connectivity index (χ0v) is 15.9. The molecule has 3 N–H and O–H groups in total. The second kappa shape index (κ2) is 8.03. The molecule has 2 heterocycles. The Hall–Kier alpha value is -2.85. The highest BCUT2D eigenvalue weighted by Gasteiger charge is 2.29. The molecular formula is C19H18N4O4S. The zero-order valence-electron chi connectivity index (χ0n) is 15.0. The van der Waals surface area contributed by atoms with E-state index < -0.39 is 5.97 Å². The van der Waals surface area contributed by atoms with Gasteiger partial charge in [-0.2, -0.15) is 11.0 Å². The normalized spacial score (nSPS) is 12.1. The number of anilines is 1. The number of hydrogen-bond acceptors (Lipinski definition) is 8. The van der Waals surface area contributed by atoms with Crippen LogP contribution in [0.5, 0.6) is 0 Å². The van der Waals surface area contributed by atoms with Crippen LogP contribution >= 0.6 is 12.0 Å².